The van der Waals surface area contributed by atoms with Gasteiger partial charge in [-0.1, -0.05) is 27.2 Å². The van der Waals surface area contributed by atoms with Crippen molar-refractivity contribution in [2.45, 2.75) is 65.3 Å². The molecule has 2 aromatic carbocycles. The van der Waals surface area contributed by atoms with Gasteiger partial charge in [0.25, 0.3) is 0 Å². The fourth-order valence-electron chi connectivity index (χ4n) is 5.53. The molecule has 0 aliphatic heterocycles. The van der Waals surface area contributed by atoms with Gasteiger partial charge in [0, 0.05) is 24.2 Å². The average Bonchev–Trinajstić information content (AvgIpc) is 3.18. The number of nitrogens with zero attached hydrogens (tertiary/aromatic N) is 2. The Kier molecular flexibility index (Phi) is 8.08. The predicted molar refractivity (Wildman–Crippen MR) is 139 cm³/mol. The number of aryl methyl sites for hydroxylation is 1. The van der Waals surface area contributed by atoms with Gasteiger partial charge in [-0.3, -0.25) is 4.79 Å². The molecule has 7 nitrogen and oxygen atoms in total. The standard InChI is InChI=1S/C28H34F3N3O4/c1-16(2)21-11-5-17(3)13-23(21)34-24-15-25(37-4)18(6-12-26(35)36)14-22(24)33-27(34)32-19-7-9-20(10-8-19)38-28(29,30)31/h7-10,14-17,21,23H,5-6,11-13H2,1-4H3,(H,32,33)(H,35,36)/t17-,21+,23-/m1/s1. The number of ether oxygens (including phenoxy) is 2. The number of alkyl halides is 3. The minimum atomic E-state index is -4.76. The molecule has 2 N–H and O–H groups in total. The Bertz CT molecular complexity index is 1270. The molecule has 4 rings (SSSR count). The van der Waals surface area contributed by atoms with Gasteiger partial charge in [0.05, 0.1) is 18.1 Å². The van der Waals surface area contributed by atoms with E-state index in [0.717, 1.165) is 30.3 Å². The lowest BCUT2D eigenvalue weighted by atomic mass is 9.74. The third-order valence-electron chi connectivity index (χ3n) is 7.36. The first-order valence-electron chi connectivity index (χ1n) is 12.9. The number of halogens is 3. The lowest BCUT2D eigenvalue weighted by Gasteiger charge is -2.39. The first kappa shape index (κ1) is 27.6. The van der Waals surface area contributed by atoms with Crippen LogP contribution in [0, 0.1) is 17.8 Å². The molecule has 3 aromatic rings. The van der Waals surface area contributed by atoms with Crippen molar-refractivity contribution in [3.05, 3.63) is 42.0 Å². The maximum absolute atomic E-state index is 12.6. The van der Waals surface area contributed by atoms with Crippen molar-refractivity contribution in [2.24, 2.45) is 17.8 Å². The molecule has 1 aliphatic carbocycles. The number of carboxylic acids is 1. The van der Waals surface area contributed by atoms with Crippen LogP contribution in [0.5, 0.6) is 11.5 Å². The SMILES string of the molecule is COc1cc2c(cc1CCC(=O)O)nc(Nc1ccc(OC(F)(F)F)cc1)n2[C@@H]1C[C@H](C)CC[C@H]1C(C)C. The van der Waals surface area contributed by atoms with E-state index in [0.29, 0.717) is 47.1 Å². The summed E-state index contributed by atoms with van der Waals surface area (Å²) in [6.45, 7) is 6.70. The second kappa shape index (κ2) is 11.1. The summed E-state index contributed by atoms with van der Waals surface area (Å²) in [5.41, 5.74) is 2.89. The predicted octanol–water partition coefficient (Wildman–Crippen LogP) is 7.34. The molecule has 10 heteroatoms. The molecule has 0 unspecified atom stereocenters. The summed E-state index contributed by atoms with van der Waals surface area (Å²) in [5.74, 6) is 1.35. The molecule has 0 bridgehead atoms. The van der Waals surface area contributed by atoms with E-state index < -0.39 is 12.3 Å². The van der Waals surface area contributed by atoms with Crippen LogP contribution in [0.15, 0.2) is 36.4 Å². The van der Waals surface area contributed by atoms with E-state index in [1.165, 1.54) is 24.3 Å². The highest BCUT2D eigenvalue weighted by Crippen LogP contribution is 2.45. The second-order valence-electron chi connectivity index (χ2n) is 10.4. The second-order valence-corrected chi connectivity index (χ2v) is 10.4. The number of fused-ring (bicyclic) bond motifs is 1. The third kappa shape index (κ3) is 6.34. The van der Waals surface area contributed by atoms with E-state index >= 15 is 0 Å². The van der Waals surface area contributed by atoms with Gasteiger partial charge in [-0.25, -0.2) is 4.98 Å². The Balaban J connectivity index is 1.80. The molecule has 206 valence electrons. The van der Waals surface area contributed by atoms with Crippen molar-refractivity contribution in [1.82, 2.24) is 9.55 Å². The van der Waals surface area contributed by atoms with E-state index in [2.05, 4.69) is 35.4 Å². The van der Waals surface area contributed by atoms with Crippen LogP contribution < -0.4 is 14.8 Å². The van der Waals surface area contributed by atoms with E-state index in [-0.39, 0.29) is 18.2 Å². The van der Waals surface area contributed by atoms with Crippen LogP contribution in [0.1, 0.15) is 58.1 Å². The molecular formula is C28H34F3N3O4. The monoisotopic (exact) mass is 533 g/mol. The van der Waals surface area contributed by atoms with E-state index in [1.54, 1.807) is 7.11 Å². The van der Waals surface area contributed by atoms with Crippen LogP contribution in [0.25, 0.3) is 11.0 Å². The van der Waals surface area contributed by atoms with Crippen LogP contribution in [0.3, 0.4) is 0 Å². The number of rotatable bonds is 9. The van der Waals surface area contributed by atoms with Crippen molar-refractivity contribution < 1.29 is 32.5 Å². The van der Waals surface area contributed by atoms with E-state index in [4.69, 9.17) is 9.72 Å². The zero-order chi connectivity index (χ0) is 27.6. The van der Waals surface area contributed by atoms with E-state index in [1.807, 2.05) is 12.1 Å². The summed E-state index contributed by atoms with van der Waals surface area (Å²) in [6, 6.07) is 9.50. The van der Waals surface area contributed by atoms with Gasteiger partial charge in [0.2, 0.25) is 5.95 Å². The molecule has 0 radical (unpaired) electrons. The normalized spacial score (nSPS) is 20.1. The number of benzene rings is 2. The minimum Gasteiger partial charge on any atom is -0.496 e. The highest BCUT2D eigenvalue weighted by molar-refractivity contribution is 5.83. The largest absolute Gasteiger partial charge is 0.573 e. The summed E-state index contributed by atoms with van der Waals surface area (Å²) in [7, 11) is 1.56. The molecular weight excluding hydrogens is 499 g/mol. The van der Waals surface area contributed by atoms with Crippen molar-refractivity contribution in [1.29, 1.82) is 0 Å². The molecule has 0 spiro atoms. The first-order chi connectivity index (χ1) is 17.9. The van der Waals surface area contributed by atoms with Gasteiger partial charge < -0.3 is 24.5 Å². The van der Waals surface area contributed by atoms with Crippen LogP contribution >= 0.6 is 0 Å². The number of aliphatic carboxylic acids is 1. The molecule has 1 aromatic heterocycles. The number of hydrogen-bond acceptors (Lipinski definition) is 5. The lowest BCUT2D eigenvalue weighted by molar-refractivity contribution is -0.274. The molecule has 1 heterocycles. The topological polar surface area (TPSA) is 85.6 Å². The Hall–Kier alpha value is -3.43. The quantitative estimate of drug-likeness (QED) is 0.299. The summed E-state index contributed by atoms with van der Waals surface area (Å²) in [5, 5.41) is 12.5. The minimum absolute atomic E-state index is 0.0322. The number of nitrogens with one attached hydrogen (secondary N) is 1. The van der Waals surface area contributed by atoms with Gasteiger partial charge in [-0.15, -0.1) is 13.2 Å². The van der Waals surface area contributed by atoms with Crippen molar-refractivity contribution in [3.8, 4) is 11.5 Å². The van der Waals surface area contributed by atoms with Gasteiger partial charge in [0.15, 0.2) is 0 Å². The zero-order valence-corrected chi connectivity index (χ0v) is 22.0. The Labute approximate surface area is 220 Å². The van der Waals surface area contributed by atoms with Crippen molar-refractivity contribution in [3.63, 3.8) is 0 Å². The maximum atomic E-state index is 12.6. The fraction of sp³-hybridized carbons (Fsp3) is 0.500. The highest BCUT2D eigenvalue weighted by Gasteiger charge is 2.35. The summed E-state index contributed by atoms with van der Waals surface area (Å²) in [6.07, 6.45) is -1.29. The summed E-state index contributed by atoms with van der Waals surface area (Å²) in [4.78, 5) is 16.1. The molecule has 1 saturated carbocycles. The molecule has 1 aliphatic rings. The summed E-state index contributed by atoms with van der Waals surface area (Å²) >= 11 is 0. The number of carboxylic acid groups (broad SMARTS) is 1. The Morgan fingerprint density at radius 2 is 1.92 bits per heavy atom. The van der Waals surface area contributed by atoms with Crippen LogP contribution in [-0.2, 0) is 11.2 Å². The van der Waals surface area contributed by atoms with Gasteiger partial charge in [-0.2, -0.15) is 0 Å². The highest BCUT2D eigenvalue weighted by atomic mass is 19.4. The number of imidazole rings is 1. The Morgan fingerprint density at radius 1 is 1.21 bits per heavy atom. The van der Waals surface area contributed by atoms with E-state index in [9.17, 15) is 23.1 Å². The van der Waals surface area contributed by atoms with Gasteiger partial charge in [-0.05, 0) is 72.9 Å². The Morgan fingerprint density at radius 3 is 2.53 bits per heavy atom. The first-order valence-corrected chi connectivity index (χ1v) is 12.9. The number of aromatic nitrogens is 2. The van der Waals surface area contributed by atoms with Crippen molar-refractivity contribution >= 4 is 28.6 Å². The number of anilines is 2. The number of carbonyl (C=O) groups is 1. The maximum Gasteiger partial charge on any atom is 0.573 e. The fourth-order valence-corrected chi connectivity index (χ4v) is 5.53. The lowest BCUT2D eigenvalue weighted by Crippen LogP contribution is -2.30. The van der Waals surface area contributed by atoms with Crippen LogP contribution in [0.4, 0.5) is 24.8 Å². The van der Waals surface area contributed by atoms with Crippen LogP contribution in [-0.4, -0.2) is 34.1 Å². The number of hydrogen-bond donors (Lipinski definition) is 2. The smallest absolute Gasteiger partial charge is 0.496 e. The van der Waals surface area contributed by atoms with Crippen molar-refractivity contribution in [2.75, 3.05) is 12.4 Å². The van der Waals surface area contributed by atoms with Crippen LogP contribution in [0.2, 0.25) is 0 Å². The molecule has 38 heavy (non-hydrogen) atoms. The average molecular weight is 534 g/mol. The number of methoxy groups -OCH3 is 1. The molecule has 0 amide bonds. The third-order valence-corrected chi connectivity index (χ3v) is 7.36. The molecule has 3 atom stereocenters. The molecule has 0 saturated heterocycles. The zero-order valence-electron chi connectivity index (χ0n) is 22.0. The van der Waals surface area contributed by atoms with Gasteiger partial charge in [0.1, 0.15) is 11.5 Å². The molecule has 1 fully saturated rings. The van der Waals surface area contributed by atoms with Gasteiger partial charge >= 0.3 is 12.3 Å². The summed E-state index contributed by atoms with van der Waals surface area (Å²) < 4.78 is 49.6.